The van der Waals surface area contributed by atoms with E-state index in [9.17, 15) is 9.18 Å². The highest BCUT2D eigenvalue weighted by molar-refractivity contribution is 5.97. The molecule has 1 aliphatic rings. The minimum atomic E-state index is -0.251. The monoisotopic (exact) mass is 366 g/mol. The Morgan fingerprint density at radius 2 is 2.00 bits per heavy atom. The molecule has 0 saturated heterocycles. The molecule has 1 atom stereocenters. The molecule has 4 rings (SSSR count). The molecule has 0 saturated carbocycles. The number of benzene rings is 2. The van der Waals surface area contributed by atoms with Crippen LogP contribution in [0.4, 0.5) is 10.1 Å². The predicted molar refractivity (Wildman–Crippen MR) is 105 cm³/mol. The fourth-order valence-electron chi connectivity index (χ4n) is 3.58. The maximum absolute atomic E-state index is 13.3. The zero-order valence-electron chi connectivity index (χ0n) is 15.7. The first-order chi connectivity index (χ1) is 12.9. The summed E-state index contributed by atoms with van der Waals surface area (Å²) in [7, 11) is 2.07. The number of rotatable bonds is 4. The Bertz CT molecular complexity index is 1040. The second-order valence-electron chi connectivity index (χ2n) is 7.53. The number of aromatic amines is 1. The Balaban J connectivity index is 1.79. The van der Waals surface area contributed by atoms with Gasteiger partial charge < -0.3 is 5.32 Å². The number of aromatic nitrogens is 2. The van der Waals surface area contributed by atoms with Crippen molar-refractivity contribution in [2.75, 3.05) is 12.4 Å². The van der Waals surface area contributed by atoms with Crippen LogP contribution in [-0.4, -0.2) is 28.2 Å². The molecule has 2 aromatic carbocycles. The van der Waals surface area contributed by atoms with Gasteiger partial charge in [-0.1, -0.05) is 12.1 Å². The number of nitrogens with zero attached hydrogens (tertiary/aromatic N) is 2. The van der Waals surface area contributed by atoms with Crippen LogP contribution in [0.25, 0.3) is 10.8 Å². The predicted octanol–water partition coefficient (Wildman–Crippen LogP) is 3.61. The lowest BCUT2D eigenvalue weighted by Gasteiger charge is -2.28. The number of hydrogen-bond acceptors (Lipinski definition) is 4. The van der Waals surface area contributed by atoms with Crippen LogP contribution >= 0.6 is 0 Å². The number of nitrogens with one attached hydrogen (secondary N) is 2. The van der Waals surface area contributed by atoms with Gasteiger partial charge in [-0.05, 0) is 56.3 Å². The molecule has 1 aromatic heterocycles. The van der Waals surface area contributed by atoms with Gasteiger partial charge in [0.1, 0.15) is 5.82 Å². The first kappa shape index (κ1) is 17.7. The largest absolute Gasteiger partial charge is 0.377 e. The van der Waals surface area contributed by atoms with Gasteiger partial charge in [0.25, 0.3) is 5.56 Å². The lowest BCUT2D eigenvalue weighted by Crippen LogP contribution is -2.26. The summed E-state index contributed by atoms with van der Waals surface area (Å²) in [6.45, 7) is 5.03. The minimum absolute atomic E-state index is 0.0159. The van der Waals surface area contributed by atoms with Crippen molar-refractivity contribution in [1.82, 2.24) is 15.1 Å². The Morgan fingerprint density at radius 1 is 1.26 bits per heavy atom. The lowest BCUT2D eigenvalue weighted by atomic mass is 9.93. The van der Waals surface area contributed by atoms with Crippen LogP contribution in [-0.2, 0) is 13.0 Å². The summed E-state index contributed by atoms with van der Waals surface area (Å²) >= 11 is 0. The molecule has 1 unspecified atom stereocenters. The zero-order valence-corrected chi connectivity index (χ0v) is 15.7. The summed E-state index contributed by atoms with van der Waals surface area (Å²) < 4.78 is 13.3. The third kappa shape index (κ3) is 3.32. The summed E-state index contributed by atoms with van der Waals surface area (Å²) in [6.07, 6.45) is 0.636. The third-order valence-corrected chi connectivity index (χ3v) is 5.34. The van der Waals surface area contributed by atoms with Crippen molar-refractivity contribution < 1.29 is 4.39 Å². The SMILES string of the molecule is CC(C)N(C)Cc1cc2c3c(n[nH]c(=O)c3c1)CC(c1ccc(F)cc1)N2. The fourth-order valence-corrected chi connectivity index (χ4v) is 3.58. The highest BCUT2D eigenvalue weighted by atomic mass is 19.1. The molecule has 6 heteroatoms. The highest BCUT2D eigenvalue weighted by Crippen LogP contribution is 2.36. The van der Waals surface area contributed by atoms with E-state index in [1.54, 1.807) is 12.1 Å². The van der Waals surface area contributed by atoms with Crippen molar-refractivity contribution >= 4 is 16.5 Å². The molecule has 5 nitrogen and oxygen atoms in total. The number of hydrogen-bond donors (Lipinski definition) is 2. The molecule has 2 N–H and O–H groups in total. The molecular formula is C21H23FN4O. The standard InChI is InChI=1S/C21H23FN4O/c1-12(2)26(3)11-13-8-16-20-18(9-13)23-17(10-19(20)24-25-21(16)27)14-4-6-15(22)7-5-14/h4-9,12,17,23H,10-11H2,1-3H3,(H,25,27). The Morgan fingerprint density at radius 3 is 2.70 bits per heavy atom. The molecule has 0 spiro atoms. The van der Waals surface area contributed by atoms with E-state index in [-0.39, 0.29) is 17.4 Å². The van der Waals surface area contributed by atoms with Gasteiger partial charge in [0.15, 0.2) is 0 Å². The molecule has 27 heavy (non-hydrogen) atoms. The number of H-pyrrole nitrogens is 1. The molecule has 2 heterocycles. The molecule has 0 radical (unpaired) electrons. The van der Waals surface area contributed by atoms with E-state index in [1.807, 2.05) is 6.07 Å². The molecular weight excluding hydrogens is 343 g/mol. The second kappa shape index (κ2) is 6.78. The summed E-state index contributed by atoms with van der Waals surface area (Å²) in [5, 5.41) is 12.0. The highest BCUT2D eigenvalue weighted by Gasteiger charge is 2.24. The van der Waals surface area contributed by atoms with Gasteiger partial charge in [0, 0.05) is 30.1 Å². The van der Waals surface area contributed by atoms with Gasteiger partial charge in [-0.2, -0.15) is 5.10 Å². The van der Waals surface area contributed by atoms with Crippen LogP contribution in [0.5, 0.6) is 0 Å². The molecule has 3 aromatic rings. The van der Waals surface area contributed by atoms with Crippen LogP contribution in [0.1, 0.15) is 36.7 Å². The topological polar surface area (TPSA) is 61.0 Å². The Labute approximate surface area is 157 Å². The van der Waals surface area contributed by atoms with Crippen LogP contribution in [0.2, 0.25) is 0 Å². The van der Waals surface area contributed by atoms with Gasteiger partial charge in [-0.3, -0.25) is 9.69 Å². The van der Waals surface area contributed by atoms with Crippen LogP contribution < -0.4 is 10.9 Å². The van der Waals surface area contributed by atoms with Crippen molar-refractivity contribution in [3.05, 3.63) is 69.4 Å². The molecule has 1 aliphatic heterocycles. The average Bonchev–Trinajstić information content (AvgIpc) is 2.64. The quantitative estimate of drug-likeness (QED) is 0.740. The molecule has 0 aliphatic carbocycles. The molecule has 0 fully saturated rings. The van der Waals surface area contributed by atoms with Gasteiger partial charge in [-0.25, -0.2) is 9.49 Å². The summed E-state index contributed by atoms with van der Waals surface area (Å²) in [6, 6.07) is 11.0. The molecule has 0 bridgehead atoms. The van der Waals surface area contributed by atoms with E-state index in [2.05, 4.69) is 47.4 Å². The Kier molecular flexibility index (Phi) is 4.44. The number of halogens is 1. The molecule has 140 valence electrons. The first-order valence-corrected chi connectivity index (χ1v) is 9.19. The van der Waals surface area contributed by atoms with Crippen molar-refractivity contribution in [1.29, 1.82) is 0 Å². The van der Waals surface area contributed by atoms with Crippen molar-refractivity contribution in [2.24, 2.45) is 0 Å². The van der Waals surface area contributed by atoms with E-state index in [1.165, 1.54) is 12.1 Å². The van der Waals surface area contributed by atoms with E-state index in [0.717, 1.165) is 34.4 Å². The molecule has 0 amide bonds. The second-order valence-corrected chi connectivity index (χ2v) is 7.53. The maximum Gasteiger partial charge on any atom is 0.272 e. The van der Waals surface area contributed by atoms with E-state index >= 15 is 0 Å². The van der Waals surface area contributed by atoms with E-state index in [4.69, 9.17) is 0 Å². The summed E-state index contributed by atoms with van der Waals surface area (Å²) in [4.78, 5) is 14.6. The van der Waals surface area contributed by atoms with Gasteiger partial charge in [0.2, 0.25) is 0 Å². The third-order valence-electron chi connectivity index (χ3n) is 5.34. The van der Waals surface area contributed by atoms with Crippen molar-refractivity contribution in [2.45, 2.75) is 38.9 Å². The van der Waals surface area contributed by atoms with Crippen molar-refractivity contribution in [3.8, 4) is 0 Å². The van der Waals surface area contributed by atoms with Crippen LogP contribution in [0.15, 0.2) is 41.2 Å². The van der Waals surface area contributed by atoms with E-state index < -0.39 is 0 Å². The van der Waals surface area contributed by atoms with Gasteiger partial charge in [0.05, 0.1) is 17.1 Å². The fraction of sp³-hybridized carbons (Fsp3) is 0.333. The maximum atomic E-state index is 13.3. The summed E-state index contributed by atoms with van der Waals surface area (Å²) in [5.74, 6) is -0.251. The normalized spacial score (nSPS) is 16.1. The van der Waals surface area contributed by atoms with Crippen LogP contribution in [0.3, 0.4) is 0 Å². The van der Waals surface area contributed by atoms with E-state index in [0.29, 0.717) is 17.8 Å². The zero-order chi connectivity index (χ0) is 19.1. The minimum Gasteiger partial charge on any atom is -0.377 e. The smallest absolute Gasteiger partial charge is 0.272 e. The Hall–Kier alpha value is -2.73. The van der Waals surface area contributed by atoms with Gasteiger partial charge in [-0.15, -0.1) is 0 Å². The first-order valence-electron chi connectivity index (χ1n) is 9.19. The van der Waals surface area contributed by atoms with Crippen LogP contribution in [0, 0.1) is 5.82 Å². The van der Waals surface area contributed by atoms with Crippen molar-refractivity contribution in [3.63, 3.8) is 0 Å². The number of anilines is 1. The summed E-state index contributed by atoms with van der Waals surface area (Å²) in [5.41, 5.74) is 3.66. The lowest BCUT2D eigenvalue weighted by molar-refractivity contribution is 0.266. The van der Waals surface area contributed by atoms with Gasteiger partial charge >= 0.3 is 0 Å². The average molecular weight is 366 g/mol.